The molecular weight excluding hydrogens is 210 g/mol. The molecule has 0 atom stereocenters. The number of aromatic nitrogens is 3. The highest BCUT2D eigenvalue weighted by Gasteiger charge is 2.11. The number of anilines is 1. The third-order valence-corrected chi connectivity index (χ3v) is 2.01. The number of rotatable bonds is 4. The average Bonchev–Trinajstić information content (AvgIpc) is 2.79. The number of nitrogens with one attached hydrogen (secondary N) is 2. The quantitative estimate of drug-likeness (QED) is 0.597. The standard InChI is InChI=1S/C9H9N5O2/c15-14(16)8-4-2-1-3-7(8)10-5-9-11-6-12-13-9/h1-4,6,10H,5H2,(H,11,12,13). The van der Waals surface area contributed by atoms with Gasteiger partial charge in [0.2, 0.25) is 0 Å². The molecule has 2 N–H and O–H groups in total. The van der Waals surface area contributed by atoms with Crippen molar-refractivity contribution in [3.05, 3.63) is 46.5 Å². The lowest BCUT2D eigenvalue weighted by Crippen LogP contribution is -2.03. The first-order valence-electron chi connectivity index (χ1n) is 4.59. The van der Waals surface area contributed by atoms with Gasteiger partial charge in [0.05, 0.1) is 11.5 Å². The van der Waals surface area contributed by atoms with Crippen LogP contribution in [0.5, 0.6) is 0 Å². The zero-order chi connectivity index (χ0) is 11.4. The molecule has 0 radical (unpaired) electrons. The number of nitrogens with zero attached hydrogens (tertiary/aromatic N) is 3. The van der Waals surface area contributed by atoms with Crippen LogP contribution in [0.25, 0.3) is 0 Å². The van der Waals surface area contributed by atoms with Crippen molar-refractivity contribution in [2.24, 2.45) is 0 Å². The molecule has 16 heavy (non-hydrogen) atoms. The van der Waals surface area contributed by atoms with Gasteiger partial charge in [-0.25, -0.2) is 4.98 Å². The van der Waals surface area contributed by atoms with Crippen molar-refractivity contribution in [3.63, 3.8) is 0 Å². The van der Waals surface area contributed by atoms with E-state index in [1.54, 1.807) is 18.2 Å². The van der Waals surface area contributed by atoms with Crippen molar-refractivity contribution in [3.8, 4) is 0 Å². The molecule has 1 aromatic heterocycles. The second kappa shape index (κ2) is 4.39. The minimum Gasteiger partial charge on any atom is -0.372 e. The number of para-hydroxylation sites is 2. The summed E-state index contributed by atoms with van der Waals surface area (Å²) in [6, 6.07) is 6.45. The highest BCUT2D eigenvalue weighted by atomic mass is 16.6. The first-order valence-corrected chi connectivity index (χ1v) is 4.59. The molecule has 0 amide bonds. The summed E-state index contributed by atoms with van der Waals surface area (Å²) in [5.74, 6) is 0.623. The Hall–Kier alpha value is -2.44. The molecule has 0 aliphatic heterocycles. The summed E-state index contributed by atoms with van der Waals surface area (Å²) in [4.78, 5) is 14.2. The van der Waals surface area contributed by atoms with Crippen LogP contribution < -0.4 is 5.32 Å². The van der Waals surface area contributed by atoms with E-state index in [0.717, 1.165) is 0 Å². The number of hydrogen-bond acceptors (Lipinski definition) is 5. The van der Waals surface area contributed by atoms with E-state index in [1.165, 1.54) is 12.4 Å². The Balaban J connectivity index is 2.12. The number of aromatic amines is 1. The molecule has 7 heteroatoms. The maximum absolute atomic E-state index is 10.7. The first-order chi connectivity index (χ1) is 7.77. The SMILES string of the molecule is O=[N+]([O-])c1ccccc1NCc1ncn[nH]1. The molecular formula is C9H9N5O2. The number of nitro groups is 1. The summed E-state index contributed by atoms with van der Waals surface area (Å²) in [6.07, 6.45) is 1.39. The summed E-state index contributed by atoms with van der Waals surface area (Å²) in [6.45, 7) is 0.366. The number of benzene rings is 1. The van der Waals surface area contributed by atoms with Gasteiger partial charge >= 0.3 is 0 Å². The Bertz CT molecular complexity index is 482. The minimum atomic E-state index is -0.428. The molecule has 7 nitrogen and oxygen atoms in total. The largest absolute Gasteiger partial charge is 0.372 e. The number of H-pyrrole nitrogens is 1. The molecule has 1 heterocycles. The van der Waals surface area contributed by atoms with Gasteiger partial charge in [-0.3, -0.25) is 15.2 Å². The smallest absolute Gasteiger partial charge is 0.292 e. The summed E-state index contributed by atoms with van der Waals surface area (Å²) >= 11 is 0. The van der Waals surface area contributed by atoms with Gasteiger partial charge < -0.3 is 5.32 Å². The molecule has 0 spiro atoms. The Labute approximate surface area is 90.7 Å². The molecule has 1 aromatic carbocycles. The molecule has 82 valence electrons. The Morgan fingerprint density at radius 3 is 2.94 bits per heavy atom. The van der Waals surface area contributed by atoms with E-state index in [0.29, 0.717) is 18.1 Å². The van der Waals surface area contributed by atoms with Crippen LogP contribution >= 0.6 is 0 Å². The van der Waals surface area contributed by atoms with Crippen LogP contribution in [-0.2, 0) is 6.54 Å². The molecule has 0 bridgehead atoms. The van der Waals surface area contributed by atoms with E-state index in [1.807, 2.05) is 0 Å². The zero-order valence-corrected chi connectivity index (χ0v) is 8.25. The van der Waals surface area contributed by atoms with E-state index in [2.05, 4.69) is 20.5 Å². The zero-order valence-electron chi connectivity index (χ0n) is 8.25. The van der Waals surface area contributed by atoms with Gasteiger partial charge in [0, 0.05) is 6.07 Å². The molecule has 0 fully saturated rings. The fraction of sp³-hybridized carbons (Fsp3) is 0.111. The van der Waals surface area contributed by atoms with Crippen molar-refractivity contribution in [2.75, 3.05) is 5.32 Å². The van der Waals surface area contributed by atoms with E-state index in [-0.39, 0.29) is 5.69 Å². The fourth-order valence-electron chi connectivity index (χ4n) is 1.28. The van der Waals surface area contributed by atoms with Crippen LogP contribution in [-0.4, -0.2) is 20.1 Å². The van der Waals surface area contributed by atoms with Crippen molar-refractivity contribution >= 4 is 11.4 Å². The van der Waals surface area contributed by atoms with Gasteiger partial charge in [-0.2, -0.15) is 5.10 Å². The van der Waals surface area contributed by atoms with Crippen LogP contribution in [0.4, 0.5) is 11.4 Å². The second-order valence-corrected chi connectivity index (χ2v) is 3.06. The molecule has 2 aromatic rings. The highest BCUT2D eigenvalue weighted by Crippen LogP contribution is 2.23. The maximum atomic E-state index is 10.7. The number of hydrogen-bond donors (Lipinski definition) is 2. The fourth-order valence-corrected chi connectivity index (χ4v) is 1.28. The molecule has 0 unspecified atom stereocenters. The molecule has 2 rings (SSSR count). The predicted molar refractivity (Wildman–Crippen MR) is 56.8 cm³/mol. The van der Waals surface area contributed by atoms with Gasteiger partial charge in [-0.05, 0) is 6.07 Å². The highest BCUT2D eigenvalue weighted by molar-refractivity contribution is 5.60. The maximum Gasteiger partial charge on any atom is 0.292 e. The minimum absolute atomic E-state index is 0.0435. The van der Waals surface area contributed by atoms with Crippen molar-refractivity contribution in [1.29, 1.82) is 0 Å². The van der Waals surface area contributed by atoms with Crippen molar-refractivity contribution in [2.45, 2.75) is 6.54 Å². The summed E-state index contributed by atoms with van der Waals surface area (Å²) in [5.41, 5.74) is 0.505. The Morgan fingerprint density at radius 2 is 2.25 bits per heavy atom. The third-order valence-electron chi connectivity index (χ3n) is 2.01. The lowest BCUT2D eigenvalue weighted by Gasteiger charge is -2.04. The second-order valence-electron chi connectivity index (χ2n) is 3.06. The topological polar surface area (TPSA) is 96.7 Å². The van der Waals surface area contributed by atoms with Crippen molar-refractivity contribution in [1.82, 2.24) is 15.2 Å². The van der Waals surface area contributed by atoms with Crippen LogP contribution in [0.1, 0.15) is 5.82 Å². The van der Waals surface area contributed by atoms with Gasteiger partial charge in [0.25, 0.3) is 5.69 Å². The monoisotopic (exact) mass is 219 g/mol. The first kappa shape index (κ1) is 10.1. The van der Waals surface area contributed by atoms with E-state index < -0.39 is 4.92 Å². The Kier molecular flexibility index (Phi) is 2.77. The average molecular weight is 219 g/mol. The van der Waals surface area contributed by atoms with Crippen LogP contribution in [0.3, 0.4) is 0 Å². The Morgan fingerprint density at radius 1 is 1.44 bits per heavy atom. The normalized spacial score (nSPS) is 10.0. The molecule has 0 aliphatic rings. The molecule has 0 aliphatic carbocycles. The van der Waals surface area contributed by atoms with Gasteiger partial charge in [-0.1, -0.05) is 12.1 Å². The van der Waals surface area contributed by atoms with E-state index in [9.17, 15) is 10.1 Å². The van der Waals surface area contributed by atoms with Gasteiger partial charge in [0.15, 0.2) is 0 Å². The van der Waals surface area contributed by atoms with E-state index >= 15 is 0 Å². The third kappa shape index (κ3) is 2.14. The molecule has 0 saturated carbocycles. The molecule has 0 saturated heterocycles. The van der Waals surface area contributed by atoms with Crippen LogP contribution in [0.15, 0.2) is 30.6 Å². The van der Waals surface area contributed by atoms with Gasteiger partial charge in [-0.15, -0.1) is 0 Å². The predicted octanol–water partition coefficient (Wildman–Crippen LogP) is 1.32. The number of nitro benzene ring substituents is 1. The van der Waals surface area contributed by atoms with Crippen LogP contribution in [0.2, 0.25) is 0 Å². The lowest BCUT2D eigenvalue weighted by atomic mass is 10.2. The van der Waals surface area contributed by atoms with Gasteiger partial charge in [0.1, 0.15) is 17.8 Å². The van der Waals surface area contributed by atoms with E-state index in [4.69, 9.17) is 0 Å². The lowest BCUT2D eigenvalue weighted by molar-refractivity contribution is -0.384. The summed E-state index contributed by atoms with van der Waals surface area (Å²) < 4.78 is 0. The summed E-state index contributed by atoms with van der Waals surface area (Å²) in [5, 5.41) is 20.0. The van der Waals surface area contributed by atoms with Crippen molar-refractivity contribution < 1.29 is 4.92 Å². The van der Waals surface area contributed by atoms with Crippen LogP contribution in [0, 0.1) is 10.1 Å². The summed E-state index contributed by atoms with van der Waals surface area (Å²) in [7, 11) is 0.